The van der Waals surface area contributed by atoms with Gasteiger partial charge < -0.3 is 10.2 Å². The van der Waals surface area contributed by atoms with Gasteiger partial charge in [-0.2, -0.15) is 0 Å². The lowest BCUT2D eigenvalue weighted by atomic mass is 9.88. The SMILES string of the molecule is CCCCC[C@@H](O)/C=C/[C@@H]1[C@H]2CC(CCCCCN(C(C)C)C(C)C)=C[C@H]2C[C@H]1O. The van der Waals surface area contributed by atoms with E-state index < -0.39 is 0 Å². The molecule has 3 heteroatoms. The molecule has 0 aromatic rings. The number of rotatable bonds is 14. The van der Waals surface area contributed by atoms with Crippen LogP contribution in [0.5, 0.6) is 0 Å². The summed E-state index contributed by atoms with van der Waals surface area (Å²) in [5.74, 6) is 1.31. The summed E-state index contributed by atoms with van der Waals surface area (Å²) >= 11 is 0. The minimum absolute atomic E-state index is 0.218. The standard InChI is InChI=1S/C27H49NO2/c1-6-7-9-13-24(29)14-15-25-26-18-22(17-23(26)19-27(25)30)12-10-8-11-16-28(20(2)3)21(4)5/h14-15,17,20-21,23-27,29-30H,6-13,16,18-19H2,1-5H3/b15-14+/t23-,24+,25+,26-,27+/m0/s1. The average Bonchev–Trinajstić information content (AvgIpc) is 3.18. The molecule has 2 N–H and O–H groups in total. The Labute approximate surface area is 186 Å². The highest BCUT2D eigenvalue weighted by atomic mass is 16.3. The summed E-state index contributed by atoms with van der Waals surface area (Å²) in [6, 6.07) is 1.26. The monoisotopic (exact) mass is 419 g/mol. The second-order valence-corrected chi connectivity index (χ2v) is 10.4. The minimum Gasteiger partial charge on any atom is -0.392 e. The molecule has 0 heterocycles. The number of allylic oxidation sites excluding steroid dienone is 2. The predicted octanol–water partition coefficient (Wildman–Crippen LogP) is 6.11. The molecule has 2 aliphatic rings. The van der Waals surface area contributed by atoms with Gasteiger partial charge in [-0.3, -0.25) is 4.90 Å². The van der Waals surface area contributed by atoms with Crippen molar-refractivity contribution in [3.63, 3.8) is 0 Å². The van der Waals surface area contributed by atoms with Gasteiger partial charge in [0.1, 0.15) is 0 Å². The van der Waals surface area contributed by atoms with Gasteiger partial charge in [0.25, 0.3) is 0 Å². The molecule has 0 saturated heterocycles. The largest absolute Gasteiger partial charge is 0.392 e. The van der Waals surface area contributed by atoms with Crippen LogP contribution < -0.4 is 0 Å². The fraction of sp³-hybridized carbons (Fsp3) is 0.852. The number of aliphatic hydroxyl groups excluding tert-OH is 2. The summed E-state index contributed by atoms with van der Waals surface area (Å²) in [5.41, 5.74) is 1.61. The van der Waals surface area contributed by atoms with Crippen molar-refractivity contribution < 1.29 is 10.2 Å². The molecule has 0 aromatic carbocycles. The van der Waals surface area contributed by atoms with E-state index in [2.05, 4.69) is 51.7 Å². The number of fused-ring (bicyclic) bond motifs is 1. The zero-order chi connectivity index (χ0) is 22.1. The molecular formula is C27H49NO2. The summed E-state index contributed by atoms with van der Waals surface area (Å²) in [7, 11) is 0. The molecule has 0 unspecified atom stereocenters. The highest BCUT2D eigenvalue weighted by Crippen LogP contribution is 2.48. The fourth-order valence-electron chi connectivity index (χ4n) is 5.68. The molecule has 3 nitrogen and oxygen atoms in total. The Bertz CT molecular complexity index is 531. The number of aliphatic hydroxyl groups is 2. The Balaban J connectivity index is 1.72. The van der Waals surface area contributed by atoms with E-state index in [-0.39, 0.29) is 18.1 Å². The van der Waals surface area contributed by atoms with Crippen molar-refractivity contribution in [2.45, 2.75) is 123 Å². The first-order valence-electron chi connectivity index (χ1n) is 12.8. The first-order valence-corrected chi connectivity index (χ1v) is 12.8. The van der Waals surface area contributed by atoms with E-state index in [1.54, 1.807) is 5.57 Å². The van der Waals surface area contributed by atoms with Crippen molar-refractivity contribution in [2.24, 2.45) is 17.8 Å². The van der Waals surface area contributed by atoms with Gasteiger partial charge in [0, 0.05) is 18.0 Å². The maximum Gasteiger partial charge on any atom is 0.0721 e. The molecule has 1 saturated carbocycles. The van der Waals surface area contributed by atoms with E-state index in [9.17, 15) is 10.2 Å². The summed E-state index contributed by atoms with van der Waals surface area (Å²) in [5, 5.41) is 20.7. The third-order valence-corrected chi connectivity index (χ3v) is 7.35. The minimum atomic E-state index is -0.354. The van der Waals surface area contributed by atoms with Crippen LogP contribution in [-0.2, 0) is 0 Å². The topological polar surface area (TPSA) is 43.7 Å². The van der Waals surface area contributed by atoms with Gasteiger partial charge in [0.15, 0.2) is 0 Å². The molecule has 2 aliphatic carbocycles. The Morgan fingerprint density at radius 1 is 1.07 bits per heavy atom. The summed E-state index contributed by atoms with van der Waals surface area (Å²) in [6.45, 7) is 12.6. The second kappa shape index (κ2) is 13.0. The Morgan fingerprint density at radius 3 is 2.47 bits per heavy atom. The molecule has 30 heavy (non-hydrogen) atoms. The molecule has 0 aromatic heterocycles. The molecule has 0 bridgehead atoms. The van der Waals surface area contributed by atoms with E-state index in [0.717, 1.165) is 25.7 Å². The van der Waals surface area contributed by atoms with Crippen LogP contribution in [-0.4, -0.2) is 45.9 Å². The van der Waals surface area contributed by atoms with Gasteiger partial charge in [-0.05, 0) is 84.6 Å². The van der Waals surface area contributed by atoms with Gasteiger partial charge in [0.05, 0.1) is 12.2 Å². The van der Waals surface area contributed by atoms with Crippen LogP contribution in [0, 0.1) is 17.8 Å². The van der Waals surface area contributed by atoms with Crippen LogP contribution in [0.25, 0.3) is 0 Å². The van der Waals surface area contributed by atoms with Gasteiger partial charge in [-0.1, -0.05) is 56.4 Å². The molecular weight excluding hydrogens is 370 g/mol. The third kappa shape index (κ3) is 7.80. The van der Waals surface area contributed by atoms with E-state index in [1.165, 1.54) is 45.1 Å². The van der Waals surface area contributed by atoms with E-state index in [0.29, 0.717) is 23.9 Å². The van der Waals surface area contributed by atoms with Crippen molar-refractivity contribution in [3.05, 3.63) is 23.8 Å². The number of unbranched alkanes of at least 4 members (excludes halogenated alkanes) is 4. The molecule has 0 radical (unpaired) electrons. The van der Waals surface area contributed by atoms with Crippen molar-refractivity contribution in [2.75, 3.05) is 6.54 Å². The lowest BCUT2D eigenvalue weighted by Crippen LogP contribution is -2.37. The van der Waals surface area contributed by atoms with Crippen molar-refractivity contribution in [1.29, 1.82) is 0 Å². The van der Waals surface area contributed by atoms with Crippen LogP contribution in [0.3, 0.4) is 0 Å². The molecule has 0 aliphatic heterocycles. The quantitative estimate of drug-likeness (QED) is 0.264. The second-order valence-electron chi connectivity index (χ2n) is 10.4. The first kappa shape index (κ1) is 25.6. The molecule has 174 valence electrons. The maximum atomic E-state index is 10.5. The average molecular weight is 420 g/mol. The lowest BCUT2D eigenvalue weighted by molar-refractivity contribution is 0.139. The van der Waals surface area contributed by atoms with E-state index >= 15 is 0 Å². The number of nitrogens with zero attached hydrogens (tertiary/aromatic N) is 1. The van der Waals surface area contributed by atoms with Crippen LogP contribution >= 0.6 is 0 Å². The van der Waals surface area contributed by atoms with Gasteiger partial charge >= 0.3 is 0 Å². The Morgan fingerprint density at radius 2 is 1.80 bits per heavy atom. The summed E-state index contributed by atoms with van der Waals surface area (Å²) < 4.78 is 0. The molecule has 2 rings (SSSR count). The number of hydrogen-bond donors (Lipinski definition) is 2. The van der Waals surface area contributed by atoms with Crippen molar-refractivity contribution in [1.82, 2.24) is 4.90 Å². The predicted molar refractivity (Wildman–Crippen MR) is 129 cm³/mol. The van der Waals surface area contributed by atoms with Gasteiger partial charge in [0.2, 0.25) is 0 Å². The fourth-order valence-corrected chi connectivity index (χ4v) is 5.68. The van der Waals surface area contributed by atoms with Crippen molar-refractivity contribution in [3.8, 4) is 0 Å². The lowest BCUT2D eigenvalue weighted by Gasteiger charge is -2.30. The van der Waals surface area contributed by atoms with E-state index in [4.69, 9.17) is 0 Å². The van der Waals surface area contributed by atoms with Crippen LogP contribution in [0.2, 0.25) is 0 Å². The zero-order valence-corrected chi connectivity index (χ0v) is 20.4. The smallest absolute Gasteiger partial charge is 0.0721 e. The van der Waals surface area contributed by atoms with Gasteiger partial charge in [-0.25, -0.2) is 0 Å². The Kier molecular flexibility index (Phi) is 11.1. The van der Waals surface area contributed by atoms with E-state index in [1.807, 2.05) is 6.08 Å². The highest BCUT2D eigenvalue weighted by Gasteiger charge is 2.43. The number of hydrogen-bond acceptors (Lipinski definition) is 3. The Hall–Kier alpha value is -0.640. The van der Waals surface area contributed by atoms with Crippen LogP contribution in [0.15, 0.2) is 23.8 Å². The van der Waals surface area contributed by atoms with Crippen LogP contribution in [0.4, 0.5) is 0 Å². The highest BCUT2D eigenvalue weighted by molar-refractivity contribution is 5.21. The first-order chi connectivity index (χ1) is 14.3. The van der Waals surface area contributed by atoms with Crippen molar-refractivity contribution >= 4 is 0 Å². The van der Waals surface area contributed by atoms with Gasteiger partial charge in [-0.15, -0.1) is 0 Å². The summed E-state index contributed by atoms with van der Waals surface area (Å²) in [6.07, 6.45) is 17.4. The maximum absolute atomic E-state index is 10.5. The third-order valence-electron chi connectivity index (χ3n) is 7.35. The molecule has 0 spiro atoms. The molecule has 5 atom stereocenters. The summed E-state index contributed by atoms with van der Waals surface area (Å²) in [4.78, 5) is 2.59. The normalized spacial score (nSPS) is 27.6. The molecule has 0 amide bonds. The zero-order valence-electron chi connectivity index (χ0n) is 20.4. The van der Waals surface area contributed by atoms with Crippen LogP contribution in [0.1, 0.15) is 98.8 Å². The molecule has 1 fully saturated rings.